The average molecular weight is 209 g/mol. The molecule has 1 aromatic rings. The molecule has 2 rings (SSSR count). The second-order valence-electron chi connectivity index (χ2n) is 4.12. The lowest BCUT2D eigenvalue weighted by Crippen LogP contribution is -2.20. The Labute approximate surface area is 90.5 Å². The summed E-state index contributed by atoms with van der Waals surface area (Å²) in [6.45, 7) is 5.14. The summed E-state index contributed by atoms with van der Waals surface area (Å²) in [6, 6.07) is 0.219. The largest absolute Gasteiger partial charge is 0.423 e. The van der Waals surface area contributed by atoms with Gasteiger partial charge >= 0.3 is 0 Å². The SMILES string of the molecule is CCNC(CC)c1nnc(C2CCC2)o1. The lowest BCUT2D eigenvalue weighted by Gasteiger charge is -2.21. The zero-order valence-corrected chi connectivity index (χ0v) is 9.49. The first-order valence-corrected chi connectivity index (χ1v) is 5.91. The second kappa shape index (κ2) is 4.75. The van der Waals surface area contributed by atoms with Crippen LogP contribution in [0.3, 0.4) is 0 Å². The van der Waals surface area contributed by atoms with Crippen molar-refractivity contribution in [2.45, 2.75) is 51.5 Å². The minimum atomic E-state index is 0.219. The molecule has 1 atom stereocenters. The van der Waals surface area contributed by atoms with Crippen molar-refractivity contribution in [2.75, 3.05) is 6.54 Å². The van der Waals surface area contributed by atoms with Crippen LogP contribution in [0.5, 0.6) is 0 Å². The highest BCUT2D eigenvalue weighted by molar-refractivity contribution is 4.98. The average Bonchev–Trinajstić information content (AvgIpc) is 2.60. The molecule has 0 saturated heterocycles. The van der Waals surface area contributed by atoms with Crippen LogP contribution in [0.1, 0.15) is 63.3 Å². The van der Waals surface area contributed by atoms with Crippen LogP contribution in [0.2, 0.25) is 0 Å². The van der Waals surface area contributed by atoms with Gasteiger partial charge < -0.3 is 9.73 Å². The standard InChI is InChI=1S/C11H19N3O/c1-3-9(12-4-2)11-14-13-10(15-11)8-6-5-7-8/h8-9,12H,3-7H2,1-2H3. The van der Waals surface area contributed by atoms with Gasteiger partial charge in [0.15, 0.2) is 0 Å². The maximum Gasteiger partial charge on any atom is 0.233 e. The van der Waals surface area contributed by atoms with Gasteiger partial charge in [-0.25, -0.2) is 0 Å². The van der Waals surface area contributed by atoms with E-state index in [-0.39, 0.29) is 6.04 Å². The molecule has 1 N–H and O–H groups in total. The molecule has 1 fully saturated rings. The van der Waals surface area contributed by atoms with Crippen molar-refractivity contribution >= 4 is 0 Å². The van der Waals surface area contributed by atoms with E-state index in [2.05, 4.69) is 29.4 Å². The first kappa shape index (κ1) is 10.6. The molecule has 0 aromatic carbocycles. The summed E-state index contributed by atoms with van der Waals surface area (Å²) in [5, 5.41) is 11.6. The Bertz CT molecular complexity index is 307. The number of hydrogen-bond donors (Lipinski definition) is 1. The van der Waals surface area contributed by atoms with E-state index >= 15 is 0 Å². The van der Waals surface area contributed by atoms with Crippen molar-refractivity contribution in [3.8, 4) is 0 Å². The summed E-state index contributed by atoms with van der Waals surface area (Å²) in [4.78, 5) is 0. The van der Waals surface area contributed by atoms with Crippen LogP contribution in [0.4, 0.5) is 0 Å². The number of rotatable bonds is 5. The molecule has 1 unspecified atom stereocenters. The van der Waals surface area contributed by atoms with Gasteiger partial charge in [0.1, 0.15) is 0 Å². The Morgan fingerprint density at radius 3 is 2.73 bits per heavy atom. The molecule has 4 heteroatoms. The summed E-state index contributed by atoms with van der Waals surface area (Å²) < 4.78 is 5.71. The van der Waals surface area contributed by atoms with Gasteiger partial charge in [0.05, 0.1) is 6.04 Å². The summed E-state index contributed by atoms with van der Waals surface area (Å²) in [6.07, 6.45) is 4.70. The summed E-state index contributed by atoms with van der Waals surface area (Å²) in [5.41, 5.74) is 0. The molecule has 0 radical (unpaired) electrons. The highest BCUT2D eigenvalue weighted by Gasteiger charge is 2.26. The van der Waals surface area contributed by atoms with Gasteiger partial charge in [-0.3, -0.25) is 0 Å². The predicted octanol–water partition coefficient (Wildman–Crippen LogP) is 2.40. The Balaban J connectivity index is 2.03. The zero-order chi connectivity index (χ0) is 10.7. The minimum absolute atomic E-state index is 0.219. The second-order valence-corrected chi connectivity index (χ2v) is 4.12. The Kier molecular flexibility index (Phi) is 3.36. The van der Waals surface area contributed by atoms with E-state index < -0.39 is 0 Å². The topological polar surface area (TPSA) is 51.0 Å². The van der Waals surface area contributed by atoms with E-state index in [1.807, 2.05) is 0 Å². The van der Waals surface area contributed by atoms with Crippen molar-refractivity contribution in [3.63, 3.8) is 0 Å². The van der Waals surface area contributed by atoms with E-state index in [4.69, 9.17) is 4.42 Å². The fourth-order valence-electron chi connectivity index (χ4n) is 1.86. The summed E-state index contributed by atoms with van der Waals surface area (Å²) >= 11 is 0. The summed E-state index contributed by atoms with van der Waals surface area (Å²) in [5.74, 6) is 2.12. The van der Waals surface area contributed by atoms with E-state index in [9.17, 15) is 0 Å². The van der Waals surface area contributed by atoms with Crippen LogP contribution in [0, 0.1) is 0 Å². The van der Waals surface area contributed by atoms with Gasteiger partial charge in [0, 0.05) is 5.92 Å². The Hall–Kier alpha value is -0.900. The van der Waals surface area contributed by atoms with Gasteiger partial charge in [0.25, 0.3) is 0 Å². The maximum atomic E-state index is 5.71. The Morgan fingerprint density at radius 2 is 2.20 bits per heavy atom. The fourth-order valence-corrected chi connectivity index (χ4v) is 1.86. The van der Waals surface area contributed by atoms with Gasteiger partial charge in [-0.1, -0.05) is 20.3 Å². The maximum absolute atomic E-state index is 5.71. The fraction of sp³-hybridized carbons (Fsp3) is 0.818. The van der Waals surface area contributed by atoms with Gasteiger partial charge in [-0.05, 0) is 25.8 Å². The lowest BCUT2D eigenvalue weighted by molar-refractivity contribution is 0.308. The van der Waals surface area contributed by atoms with Crippen LogP contribution in [-0.2, 0) is 0 Å². The molecule has 0 amide bonds. The van der Waals surface area contributed by atoms with Gasteiger partial charge in [-0.15, -0.1) is 10.2 Å². The number of hydrogen-bond acceptors (Lipinski definition) is 4. The number of nitrogens with zero attached hydrogens (tertiary/aromatic N) is 2. The lowest BCUT2D eigenvalue weighted by atomic mass is 9.85. The third kappa shape index (κ3) is 2.20. The van der Waals surface area contributed by atoms with Crippen LogP contribution < -0.4 is 5.32 Å². The number of nitrogens with one attached hydrogen (secondary N) is 1. The molecular weight excluding hydrogens is 190 g/mol. The molecule has 1 heterocycles. The smallest absolute Gasteiger partial charge is 0.233 e. The first-order chi connectivity index (χ1) is 7.35. The molecular formula is C11H19N3O. The third-order valence-electron chi connectivity index (χ3n) is 3.07. The van der Waals surface area contributed by atoms with Crippen LogP contribution >= 0.6 is 0 Å². The zero-order valence-electron chi connectivity index (χ0n) is 9.49. The van der Waals surface area contributed by atoms with E-state index in [0.717, 1.165) is 24.7 Å². The molecule has 1 aliphatic rings. The monoisotopic (exact) mass is 209 g/mol. The van der Waals surface area contributed by atoms with E-state index in [0.29, 0.717) is 5.92 Å². The molecule has 84 valence electrons. The molecule has 0 bridgehead atoms. The van der Waals surface area contributed by atoms with Crippen molar-refractivity contribution in [1.82, 2.24) is 15.5 Å². The van der Waals surface area contributed by atoms with Crippen molar-refractivity contribution in [2.24, 2.45) is 0 Å². The Morgan fingerprint density at radius 1 is 1.40 bits per heavy atom. The quantitative estimate of drug-likeness (QED) is 0.809. The molecule has 0 spiro atoms. The van der Waals surface area contributed by atoms with Gasteiger partial charge in [0.2, 0.25) is 11.8 Å². The molecule has 1 aliphatic carbocycles. The molecule has 1 aromatic heterocycles. The van der Waals surface area contributed by atoms with Crippen LogP contribution in [-0.4, -0.2) is 16.7 Å². The highest BCUT2D eigenvalue weighted by atomic mass is 16.4. The molecule has 15 heavy (non-hydrogen) atoms. The molecule has 0 aliphatic heterocycles. The van der Waals surface area contributed by atoms with Crippen molar-refractivity contribution in [3.05, 3.63) is 11.8 Å². The molecule has 1 saturated carbocycles. The third-order valence-corrected chi connectivity index (χ3v) is 3.07. The highest BCUT2D eigenvalue weighted by Crippen LogP contribution is 2.35. The van der Waals surface area contributed by atoms with Crippen LogP contribution in [0.15, 0.2) is 4.42 Å². The van der Waals surface area contributed by atoms with E-state index in [1.165, 1.54) is 19.3 Å². The van der Waals surface area contributed by atoms with Gasteiger partial charge in [-0.2, -0.15) is 0 Å². The minimum Gasteiger partial charge on any atom is -0.423 e. The first-order valence-electron chi connectivity index (χ1n) is 5.91. The van der Waals surface area contributed by atoms with E-state index in [1.54, 1.807) is 0 Å². The predicted molar refractivity (Wildman–Crippen MR) is 57.6 cm³/mol. The summed E-state index contributed by atoms with van der Waals surface area (Å²) in [7, 11) is 0. The normalized spacial score (nSPS) is 18.8. The van der Waals surface area contributed by atoms with Crippen LogP contribution in [0.25, 0.3) is 0 Å². The number of aromatic nitrogens is 2. The van der Waals surface area contributed by atoms with Crippen molar-refractivity contribution in [1.29, 1.82) is 0 Å². The molecule has 4 nitrogen and oxygen atoms in total. The van der Waals surface area contributed by atoms with Crippen molar-refractivity contribution < 1.29 is 4.42 Å².